The van der Waals surface area contributed by atoms with Crippen LogP contribution in [0.25, 0.3) is 6.08 Å². The molecule has 0 unspecified atom stereocenters. The summed E-state index contributed by atoms with van der Waals surface area (Å²) in [5.74, 6) is -1.49. The van der Waals surface area contributed by atoms with E-state index in [-0.39, 0.29) is 50.3 Å². The van der Waals surface area contributed by atoms with Gasteiger partial charge in [0.25, 0.3) is 5.91 Å². The molecule has 6 aromatic carbocycles. The molecule has 0 spiro atoms. The number of hydrogen-bond donors (Lipinski definition) is 5. The van der Waals surface area contributed by atoms with Crippen molar-refractivity contribution >= 4 is 98.3 Å². The van der Waals surface area contributed by atoms with Crippen molar-refractivity contribution in [2.24, 2.45) is 0 Å². The number of carbonyl (C=O) groups excluding carboxylic acids is 6. The standard InChI is InChI=1S/C14H19NO3S.C12H16O2.C11H13BrO2.C11H14O2.C11H14O.C8H7BrO2.C3H9BO2.12C2H6.CH5BO2/c1-14(2,3)12-8-6-5-7-11(12)9-10-13(16)15-19(4,17)18;1-12(2,3)10-8-6-5-7-9(10)11(13)14-4;1-11(2,12)9-7-5-4-6-8(9)10(13)14-3;1-8(2)9-6-4-5-7-10(9)11(12)13-3;1-11(2,3)10-7-5-4-6-9(10)8-12;1-11-8(10)6-4-2-3-5-7(6)9;1-3(2)4(5)6;12*1-2;1-2(3)4/h5-10H,1-4H3,(H,15,16);5-8H,1-4H3;4-7H,1-3H3;4-8H,1-3H3;4-8H,1-3H3;2-5H,1H3;3,5-6H,1-2H3;12*1-2H3;3-4H,1H3/b10-9+;;;;;;;;;;;;;;;;;;;. The van der Waals surface area contributed by atoms with Crippen molar-refractivity contribution in [2.75, 3.05) is 34.7 Å². The number of methoxy groups -OCH3 is 4. The van der Waals surface area contributed by atoms with E-state index in [1.54, 1.807) is 56.3 Å². The molecule has 0 fully saturated rings. The summed E-state index contributed by atoms with van der Waals surface area (Å²) in [6.07, 6.45) is 4.72. The fourth-order valence-electron chi connectivity index (χ4n) is 7.74. The molecule has 0 saturated carbocycles. The summed E-state index contributed by atoms with van der Waals surface area (Å²) in [7, 11) is -0.273. The van der Waals surface area contributed by atoms with E-state index >= 15 is 0 Å². The second kappa shape index (κ2) is 91.3. The Morgan fingerprint density at radius 2 is 0.641 bits per heavy atom. The Hall–Kier alpha value is -7.04. The number of benzene rings is 6. The maximum atomic E-state index is 11.5. The normalized spacial score (nSPS) is 9.21. The summed E-state index contributed by atoms with van der Waals surface area (Å²) in [6.45, 7) is 79.7. The highest BCUT2D eigenvalue weighted by Crippen LogP contribution is 2.33. The Morgan fingerprint density at radius 1 is 0.402 bits per heavy atom. The molecule has 0 aliphatic carbocycles. The lowest BCUT2D eigenvalue weighted by molar-refractivity contribution is -0.114. The summed E-state index contributed by atoms with van der Waals surface area (Å²) < 4.78 is 42.9. The Balaban J connectivity index is -0.0000000845. The Bertz CT molecular complexity index is 3350. The van der Waals surface area contributed by atoms with Crippen molar-refractivity contribution in [3.8, 4) is 0 Å². The van der Waals surface area contributed by atoms with E-state index in [0.29, 0.717) is 28.2 Å². The molecule has 5 N–H and O–H groups in total. The molecule has 676 valence electrons. The van der Waals surface area contributed by atoms with Crippen LogP contribution in [0.15, 0.2) is 156 Å². The number of alkyl halides is 1. The smallest absolute Gasteiger partial charge is 0.454 e. The van der Waals surface area contributed by atoms with Gasteiger partial charge in [-0.15, -0.1) is 0 Å². The first-order chi connectivity index (χ1) is 54.9. The van der Waals surface area contributed by atoms with Crippen LogP contribution in [-0.2, 0) is 54.3 Å². The Kier molecular flexibility index (Phi) is 111. The van der Waals surface area contributed by atoms with Gasteiger partial charge in [0.15, 0.2) is 0 Å². The molecular weight excluding hydrogens is 1620 g/mol. The molecule has 0 radical (unpaired) electrons. The minimum atomic E-state index is -3.52. The van der Waals surface area contributed by atoms with E-state index in [4.69, 9.17) is 29.6 Å². The minimum absolute atomic E-state index is 0.0369. The summed E-state index contributed by atoms with van der Waals surface area (Å²) in [6, 6.07) is 45.0. The molecule has 6 rings (SSSR count). The maximum Gasteiger partial charge on any atom is 0.454 e. The van der Waals surface area contributed by atoms with Crippen LogP contribution in [0.3, 0.4) is 0 Å². The number of carbonyl (C=O) groups is 6. The van der Waals surface area contributed by atoms with Crippen molar-refractivity contribution < 1.29 is 76.2 Å². The predicted octanol–water partition coefficient (Wildman–Crippen LogP) is 26.8. The van der Waals surface area contributed by atoms with Crippen LogP contribution >= 0.6 is 31.9 Å². The molecule has 0 atom stereocenters. The lowest BCUT2D eigenvalue weighted by Gasteiger charge is -2.21. The highest BCUT2D eigenvalue weighted by molar-refractivity contribution is 9.10. The van der Waals surface area contributed by atoms with Gasteiger partial charge in [-0.1, -0.05) is 387 Å². The average molecular weight is 1790 g/mol. The van der Waals surface area contributed by atoms with Gasteiger partial charge >= 0.3 is 38.1 Å². The van der Waals surface area contributed by atoms with Crippen LogP contribution in [0.1, 0.15) is 361 Å². The second-order valence-corrected chi connectivity index (χ2v) is 29.2. The number of amides is 1. The third kappa shape index (κ3) is 77.3. The predicted molar refractivity (Wildman–Crippen MR) is 519 cm³/mol. The van der Waals surface area contributed by atoms with Crippen LogP contribution in [-0.4, -0.2) is 114 Å². The molecule has 117 heavy (non-hydrogen) atoms. The number of rotatable bonds is 11. The van der Waals surface area contributed by atoms with Crippen molar-refractivity contribution in [3.05, 3.63) is 217 Å². The van der Waals surface area contributed by atoms with Crippen LogP contribution in [0, 0.1) is 0 Å². The van der Waals surface area contributed by atoms with E-state index in [1.165, 1.54) is 41.3 Å². The zero-order valence-corrected chi connectivity index (χ0v) is 85.7. The Morgan fingerprint density at radius 3 is 0.915 bits per heavy atom. The van der Waals surface area contributed by atoms with E-state index < -0.39 is 30.2 Å². The van der Waals surface area contributed by atoms with Gasteiger partial charge in [-0.2, -0.15) is 0 Å². The number of halogens is 2. The summed E-state index contributed by atoms with van der Waals surface area (Å²) >= 11 is 6.76. The van der Waals surface area contributed by atoms with E-state index in [9.17, 15) is 37.2 Å². The van der Waals surface area contributed by atoms with Crippen molar-refractivity contribution in [2.45, 2.75) is 309 Å². The molecule has 0 heterocycles. The molecule has 1 amide bonds. The molecule has 0 aliphatic heterocycles. The average Bonchev–Trinajstić information content (AvgIpc) is 0.832. The van der Waals surface area contributed by atoms with E-state index in [0.717, 1.165) is 56.0 Å². The van der Waals surface area contributed by atoms with Crippen LogP contribution in [0.5, 0.6) is 0 Å². The first kappa shape index (κ1) is 142. The number of ether oxygens (including phenoxy) is 4. The number of sulfonamides is 1. The molecule has 0 bridgehead atoms. The van der Waals surface area contributed by atoms with E-state index in [1.807, 2.05) is 294 Å². The van der Waals surface area contributed by atoms with Crippen molar-refractivity contribution in [1.82, 2.24) is 4.72 Å². The van der Waals surface area contributed by atoms with Gasteiger partial charge < -0.3 is 39.0 Å². The molecule has 6 aromatic rings. The van der Waals surface area contributed by atoms with Gasteiger partial charge in [-0.3, -0.25) is 9.59 Å². The quantitative estimate of drug-likeness (QED) is 0.0202. The summed E-state index contributed by atoms with van der Waals surface area (Å²) in [5, 5.41) is 31.6. The lowest BCUT2D eigenvalue weighted by Crippen LogP contribution is -2.27. The first-order valence-corrected chi connectivity index (χ1v) is 45.0. The second-order valence-electron chi connectivity index (χ2n) is 24.7. The third-order valence-electron chi connectivity index (χ3n) is 12.3. The highest BCUT2D eigenvalue weighted by atomic mass is 79.9. The molecule has 0 saturated heterocycles. The van der Waals surface area contributed by atoms with Crippen LogP contribution < -0.4 is 4.72 Å². The lowest BCUT2D eigenvalue weighted by atomic mass is 9.76. The molecule has 0 aromatic heterocycles. The third-order valence-corrected chi connectivity index (χ3v) is 14.0. The zero-order chi connectivity index (χ0) is 96.3. The van der Waals surface area contributed by atoms with Gasteiger partial charge in [0.1, 0.15) is 6.29 Å². The van der Waals surface area contributed by atoms with Crippen LogP contribution in [0.4, 0.5) is 0 Å². The number of esters is 4. The largest absolute Gasteiger partial charge is 0.465 e. The zero-order valence-electron chi connectivity index (χ0n) is 81.7. The Labute approximate surface area is 735 Å². The monoisotopic (exact) mass is 1790 g/mol. The van der Waals surface area contributed by atoms with Gasteiger partial charge in [-0.05, 0) is 134 Å². The topological polar surface area (TPSA) is 266 Å². The molecule has 0 aliphatic rings. The van der Waals surface area contributed by atoms with E-state index in [2.05, 4.69) is 117 Å². The number of nitrogens with one attached hydrogen (secondary N) is 1. The SMILES string of the molecule is CB(O)O.CC.CC.CC.CC.CC.CC.CC.CC.CC.CC.CC.CC.CC(C)(C)c1ccccc1/C=C/C(=O)NS(C)(=O)=O.CC(C)(C)c1ccccc1C=O.CC(C)B(O)O.COC(=O)c1ccccc1Br.COC(=O)c1ccccc1C(C)(C)Br.COC(=O)c1ccccc1C(C)(C)C.COC(=O)c1ccccc1C(C)C. The fourth-order valence-corrected chi connectivity index (χ4v) is 8.96. The van der Waals surface area contributed by atoms with Gasteiger partial charge in [0, 0.05) is 20.4 Å². The van der Waals surface area contributed by atoms with Gasteiger partial charge in [0.2, 0.25) is 10.0 Å². The van der Waals surface area contributed by atoms with Gasteiger partial charge in [0.05, 0.1) is 56.9 Å². The minimum Gasteiger partial charge on any atom is -0.465 e. The van der Waals surface area contributed by atoms with Crippen molar-refractivity contribution in [1.29, 1.82) is 0 Å². The molecule has 22 heteroatoms. The molecular formula is C95H169B2Br2NO16S. The molecule has 17 nitrogen and oxygen atoms in total. The number of aldehydes is 1. The first-order valence-electron chi connectivity index (χ1n) is 41.5. The van der Waals surface area contributed by atoms with Gasteiger partial charge in [-0.25, -0.2) is 32.3 Å². The van der Waals surface area contributed by atoms with Crippen molar-refractivity contribution in [3.63, 3.8) is 0 Å². The highest BCUT2D eigenvalue weighted by Gasteiger charge is 2.24. The fraction of sp³-hybridized carbons (Fsp3) is 0.537. The summed E-state index contributed by atoms with van der Waals surface area (Å²) in [5.41, 5.74) is 9.35. The maximum absolute atomic E-state index is 11.5. The number of hydrogen-bond acceptors (Lipinski definition) is 16. The van der Waals surface area contributed by atoms with Crippen LogP contribution in [0.2, 0.25) is 12.6 Å². The summed E-state index contributed by atoms with van der Waals surface area (Å²) in [4.78, 5) is 67.3.